The molecule has 3 heteroatoms. The maximum absolute atomic E-state index is 9.35. The van der Waals surface area contributed by atoms with Gasteiger partial charge in [0.15, 0.2) is 0 Å². The number of hydrogen-bond acceptors (Lipinski definition) is 3. The molecule has 0 saturated heterocycles. The van der Waals surface area contributed by atoms with Gasteiger partial charge in [0.1, 0.15) is 0 Å². The van der Waals surface area contributed by atoms with Gasteiger partial charge < -0.3 is 10.8 Å². The Morgan fingerprint density at radius 2 is 2.14 bits per heavy atom. The van der Waals surface area contributed by atoms with E-state index in [-0.39, 0.29) is 0 Å². The SMILES string of the molecule is Cc1ccc(C#N)cc1[C@H](N)[C@H](C)O. The van der Waals surface area contributed by atoms with Gasteiger partial charge in [-0.2, -0.15) is 5.26 Å². The fourth-order valence-corrected chi connectivity index (χ4v) is 1.33. The van der Waals surface area contributed by atoms with Crippen molar-refractivity contribution < 1.29 is 5.11 Å². The summed E-state index contributed by atoms with van der Waals surface area (Å²) in [7, 11) is 0. The van der Waals surface area contributed by atoms with Crippen molar-refractivity contribution in [2.75, 3.05) is 0 Å². The van der Waals surface area contributed by atoms with Gasteiger partial charge in [0.2, 0.25) is 0 Å². The molecule has 3 nitrogen and oxygen atoms in total. The average Bonchev–Trinajstić information content (AvgIpc) is 2.17. The fraction of sp³-hybridized carbons (Fsp3) is 0.364. The van der Waals surface area contributed by atoms with E-state index >= 15 is 0 Å². The second-order valence-corrected chi connectivity index (χ2v) is 3.45. The predicted octanol–water partition coefficient (Wildman–Crippen LogP) is 1.25. The van der Waals surface area contributed by atoms with Crippen LogP contribution in [-0.2, 0) is 0 Å². The number of nitriles is 1. The molecule has 74 valence electrons. The molecule has 0 aliphatic heterocycles. The Balaban J connectivity index is 3.13. The number of rotatable bonds is 2. The molecule has 0 fully saturated rings. The molecule has 1 aromatic rings. The number of aliphatic hydroxyl groups excluding tert-OH is 1. The Bertz CT molecular complexity index is 366. The van der Waals surface area contributed by atoms with Gasteiger partial charge in [-0.3, -0.25) is 0 Å². The first-order chi connectivity index (χ1) is 6.56. The van der Waals surface area contributed by atoms with E-state index in [9.17, 15) is 5.11 Å². The summed E-state index contributed by atoms with van der Waals surface area (Å²) >= 11 is 0. The van der Waals surface area contributed by atoms with Crippen molar-refractivity contribution in [3.05, 3.63) is 34.9 Å². The molecule has 0 radical (unpaired) electrons. The number of nitrogens with two attached hydrogens (primary N) is 1. The van der Waals surface area contributed by atoms with E-state index in [0.29, 0.717) is 5.56 Å². The van der Waals surface area contributed by atoms with E-state index in [1.807, 2.05) is 13.0 Å². The van der Waals surface area contributed by atoms with Crippen molar-refractivity contribution in [2.45, 2.75) is 26.0 Å². The number of benzene rings is 1. The number of aliphatic hydroxyl groups is 1. The van der Waals surface area contributed by atoms with Gasteiger partial charge in [0, 0.05) is 0 Å². The highest BCUT2D eigenvalue weighted by atomic mass is 16.3. The molecule has 0 bridgehead atoms. The zero-order valence-electron chi connectivity index (χ0n) is 8.36. The number of nitrogens with zero attached hydrogens (tertiary/aromatic N) is 1. The van der Waals surface area contributed by atoms with Gasteiger partial charge in [0.05, 0.1) is 23.8 Å². The third-order valence-corrected chi connectivity index (χ3v) is 2.29. The molecule has 0 aliphatic carbocycles. The van der Waals surface area contributed by atoms with Crippen molar-refractivity contribution >= 4 is 0 Å². The average molecular weight is 190 g/mol. The van der Waals surface area contributed by atoms with Crippen LogP contribution in [0.4, 0.5) is 0 Å². The van der Waals surface area contributed by atoms with Gasteiger partial charge >= 0.3 is 0 Å². The predicted molar refractivity (Wildman–Crippen MR) is 54.5 cm³/mol. The Morgan fingerprint density at radius 1 is 1.50 bits per heavy atom. The first kappa shape index (κ1) is 10.7. The van der Waals surface area contributed by atoms with Crippen LogP contribution in [0, 0.1) is 18.3 Å². The van der Waals surface area contributed by atoms with Gasteiger partial charge in [-0.25, -0.2) is 0 Å². The minimum atomic E-state index is -0.609. The standard InChI is InChI=1S/C11H14N2O/c1-7-3-4-9(6-12)5-10(7)11(13)8(2)14/h3-5,8,11,14H,13H2,1-2H3/t8-,11+/m0/s1. The van der Waals surface area contributed by atoms with E-state index in [0.717, 1.165) is 11.1 Å². The molecule has 3 N–H and O–H groups in total. The van der Waals surface area contributed by atoms with Crippen molar-refractivity contribution in [2.24, 2.45) is 5.73 Å². The Kier molecular flexibility index (Phi) is 3.23. The van der Waals surface area contributed by atoms with Gasteiger partial charge in [-0.15, -0.1) is 0 Å². The molecule has 0 spiro atoms. The molecule has 14 heavy (non-hydrogen) atoms. The Morgan fingerprint density at radius 3 is 2.64 bits per heavy atom. The van der Waals surface area contributed by atoms with E-state index in [2.05, 4.69) is 6.07 Å². The van der Waals surface area contributed by atoms with Crippen LogP contribution in [0.2, 0.25) is 0 Å². The molecule has 0 aliphatic rings. The first-order valence-electron chi connectivity index (χ1n) is 4.50. The van der Waals surface area contributed by atoms with Crippen molar-refractivity contribution in [1.82, 2.24) is 0 Å². The molecular formula is C11H14N2O. The van der Waals surface area contributed by atoms with Crippen LogP contribution in [-0.4, -0.2) is 11.2 Å². The number of hydrogen-bond donors (Lipinski definition) is 2. The summed E-state index contributed by atoms with van der Waals surface area (Å²) in [5.41, 5.74) is 8.20. The van der Waals surface area contributed by atoms with E-state index in [4.69, 9.17) is 11.0 Å². The maximum Gasteiger partial charge on any atom is 0.0991 e. The summed E-state index contributed by atoms with van der Waals surface area (Å²) in [6, 6.07) is 6.94. The second-order valence-electron chi connectivity index (χ2n) is 3.45. The van der Waals surface area contributed by atoms with E-state index in [1.54, 1.807) is 19.1 Å². The highest BCUT2D eigenvalue weighted by Crippen LogP contribution is 2.19. The third kappa shape index (κ3) is 2.11. The summed E-state index contributed by atoms with van der Waals surface area (Å²) in [4.78, 5) is 0. The molecule has 1 rings (SSSR count). The molecule has 0 amide bonds. The van der Waals surface area contributed by atoms with E-state index < -0.39 is 12.1 Å². The zero-order valence-corrected chi connectivity index (χ0v) is 8.36. The van der Waals surface area contributed by atoms with Crippen LogP contribution in [0.15, 0.2) is 18.2 Å². The molecule has 1 aromatic carbocycles. The summed E-state index contributed by atoms with van der Waals surface area (Å²) in [6.45, 7) is 3.56. The molecule has 2 atom stereocenters. The minimum absolute atomic E-state index is 0.428. The lowest BCUT2D eigenvalue weighted by atomic mass is 9.96. The monoisotopic (exact) mass is 190 g/mol. The van der Waals surface area contributed by atoms with Gasteiger partial charge in [-0.05, 0) is 37.1 Å². The van der Waals surface area contributed by atoms with Gasteiger partial charge in [0.25, 0.3) is 0 Å². The van der Waals surface area contributed by atoms with Crippen LogP contribution < -0.4 is 5.73 Å². The smallest absolute Gasteiger partial charge is 0.0991 e. The Hall–Kier alpha value is -1.37. The second kappa shape index (κ2) is 4.23. The fourth-order valence-electron chi connectivity index (χ4n) is 1.33. The van der Waals surface area contributed by atoms with Gasteiger partial charge in [-0.1, -0.05) is 6.07 Å². The highest BCUT2D eigenvalue weighted by Gasteiger charge is 2.14. The lowest BCUT2D eigenvalue weighted by molar-refractivity contribution is 0.164. The van der Waals surface area contributed by atoms with Crippen molar-refractivity contribution in [1.29, 1.82) is 5.26 Å². The molecule has 0 saturated carbocycles. The number of aryl methyl sites for hydroxylation is 1. The molecule has 0 unspecified atom stereocenters. The van der Waals surface area contributed by atoms with Crippen LogP contribution >= 0.6 is 0 Å². The maximum atomic E-state index is 9.35. The summed E-state index contributed by atoms with van der Waals surface area (Å²) in [5, 5.41) is 18.1. The van der Waals surface area contributed by atoms with Crippen LogP contribution in [0.25, 0.3) is 0 Å². The summed E-state index contributed by atoms with van der Waals surface area (Å²) in [5.74, 6) is 0. The minimum Gasteiger partial charge on any atom is -0.391 e. The normalized spacial score (nSPS) is 14.5. The zero-order chi connectivity index (χ0) is 10.7. The van der Waals surface area contributed by atoms with Crippen LogP contribution in [0.5, 0.6) is 0 Å². The summed E-state index contributed by atoms with van der Waals surface area (Å²) < 4.78 is 0. The van der Waals surface area contributed by atoms with Crippen molar-refractivity contribution in [3.63, 3.8) is 0 Å². The van der Waals surface area contributed by atoms with E-state index in [1.165, 1.54) is 0 Å². The van der Waals surface area contributed by atoms with Crippen LogP contribution in [0.3, 0.4) is 0 Å². The highest BCUT2D eigenvalue weighted by molar-refractivity contribution is 5.39. The topological polar surface area (TPSA) is 70.0 Å². The Labute approximate surface area is 83.8 Å². The summed E-state index contributed by atoms with van der Waals surface area (Å²) in [6.07, 6.45) is -0.609. The molecular weight excluding hydrogens is 176 g/mol. The quantitative estimate of drug-likeness (QED) is 0.737. The lowest BCUT2D eigenvalue weighted by Gasteiger charge is -2.17. The lowest BCUT2D eigenvalue weighted by Crippen LogP contribution is -2.24. The van der Waals surface area contributed by atoms with Crippen molar-refractivity contribution in [3.8, 4) is 6.07 Å². The molecule has 0 heterocycles. The first-order valence-corrected chi connectivity index (χ1v) is 4.50. The third-order valence-electron chi connectivity index (χ3n) is 2.29. The van der Waals surface area contributed by atoms with Crippen LogP contribution in [0.1, 0.15) is 29.7 Å². The molecule has 0 aromatic heterocycles. The largest absolute Gasteiger partial charge is 0.391 e.